The van der Waals surface area contributed by atoms with Crippen LogP contribution < -0.4 is 5.73 Å². The number of ether oxygens (including phenoxy) is 1. The minimum atomic E-state index is 0.0580. The van der Waals surface area contributed by atoms with Crippen LogP contribution in [0.15, 0.2) is 0 Å². The van der Waals surface area contributed by atoms with Gasteiger partial charge in [-0.2, -0.15) is 0 Å². The highest BCUT2D eigenvalue weighted by Gasteiger charge is 2.32. The van der Waals surface area contributed by atoms with Crippen molar-refractivity contribution in [1.82, 2.24) is 4.90 Å². The SMILES string of the molecule is COCCN(C1CC1)C(C)C(=N)N. The third-order valence-electron chi connectivity index (χ3n) is 2.52. The Labute approximate surface area is 79.6 Å². The highest BCUT2D eigenvalue weighted by Crippen LogP contribution is 2.28. The average Bonchev–Trinajstić information content (AvgIpc) is 2.88. The fourth-order valence-electron chi connectivity index (χ4n) is 1.47. The minimum absolute atomic E-state index is 0.0580. The molecule has 13 heavy (non-hydrogen) atoms. The lowest BCUT2D eigenvalue weighted by Gasteiger charge is -2.27. The van der Waals surface area contributed by atoms with Gasteiger partial charge in [-0.3, -0.25) is 10.3 Å². The normalized spacial score (nSPS) is 19.0. The van der Waals surface area contributed by atoms with Crippen molar-refractivity contribution < 1.29 is 4.74 Å². The van der Waals surface area contributed by atoms with Crippen LogP contribution in [0.25, 0.3) is 0 Å². The Morgan fingerprint density at radius 1 is 1.69 bits per heavy atom. The smallest absolute Gasteiger partial charge is 0.108 e. The van der Waals surface area contributed by atoms with Gasteiger partial charge in [0.25, 0.3) is 0 Å². The molecule has 0 radical (unpaired) electrons. The van der Waals surface area contributed by atoms with E-state index in [1.807, 2.05) is 6.92 Å². The molecule has 0 aromatic carbocycles. The number of nitrogens with one attached hydrogen (secondary N) is 1. The summed E-state index contributed by atoms with van der Waals surface area (Å²) in [6.45, 7) is 3.58. The zero-order valence-corrected chi connectivity index (χ0v) is 8.42. The van der Waals surface area contributed by atoms with Crippen molar-refractivity contribution in [2.24, 2.45) is 5.73 Å². The monoisotopic (exact) mass is 185 g/mol. The maximum absolute atomic E-state index is 7.38. The van der Waals surface area contributed by atoms with Crippen LogP contribution in [-0.2, 0) is 4.74 Å². The Kier molecular flexibility index (Phi) is 3.69. The van der Waals surface area contributed by atoms with E-state index in [2.05, 4.69) is 4.90 Å². The molecule has 1 aliphatic rings. The topological polar surface area (TPSA) is 62.3 Å². The van der Waals surface area contributed by atoms with Gasteiger partial charge in [-0.15, -0.1) is 0 Å². The maximum Gasteiger partial charge on any atom is 0.108 e. The van der Waals surface area contributed by atoms with Crippen LogP contribution in [0.4, 0.5) is 0 Å². The number of hydrogen-bond donors (Lipinski definition) is 2. The van der Waals surface area contributed by atoms with E-state index >= 15 is 0 Å². The Hall–Kier alpha value is -0.610. The van der Waals surface area contributed by atoms with E-state index in [4.69, 9.17) is 15.9 Å². The van der Waals surface area contributed by atoms with Gasteiger partial charge >= 0.3 is 0 Å². The van der Waals surface area contributed by atoms with Gasteiger partial charge in [0.15, 0.2) is 0 Å². The third-order valence-corrected chi connectivity index (χ3v) is 2.52. The van der Waals surface area contributed by atoms with Gasteiger partial charge in [0.1, 0.15) is 5.84 Å². The molecule has 1 rings (SSSR count). The number of nitrogens with two attached hydrogens (primary N) is 1. The number of methoxy groups -OCH3 is 1. The molecule has 0 amide bonds. The first kappa shape index (κ1) is 10.5. The Morgan fingerprint density at radius 3 is 2.69 bits per heavy atom. The lowest BCUT2D eigenvalue weighted by molar-refractivity contribution is 0.135. The van der Waals surface area contributed by atoms with Crippen molar-refractivity contribution in [2.45, 2.75) is 31.8 Å². The largest absolute Gasteiger partial charge is 0.386 e. The molecule has 3 N–H and O–H groups in total. The van der Waals surface area contributed by atoms with E-state index < -0.39 is 0 Å². The number of amidine groups is 1. The van der Waals surface area contributed by atoms with E-state index in [1.165, 1.54) is 12.8 Å². The second kappa shape index (κ2) is 4.58. The molecule has 0 aliphatic heterocycles. The second-order valence-corrected chi connectivity index (χ2v) is 3.59. The summed E-state index contributed by atoms with van der Waals surface area (Å²) in [6.07, 6.45) is 2.47. The summed E-state index contributed by atoms with van der Waals surface area (Å²) in [5.41, 5.74) is 5.47. The quantitative estimate of drug-likeness (QED) is 0.466. The van der Waals surface area contributed by atoms with Crippen LogP contribution in [0, 0.1) is 5.41 Å². The number of hydrogen-bond acceptors (Lipinski definition) is 3. The van der Waals surface area contributed by atoms with E-state index in [1.54, 1.807) is 7.11 Å². The summed E-state index contributed by atoms with van der Waals surface area (Å²) in [5.74, 6) is 0.253. The molecule has 4 nitrogen and oxygen atoms in total. The summed E-state index contributed by atoms with van der Waals surface area (Å²) in [4.78, 5) is 2.26. The van der Waals surface area contributed by atoms with Crippen molar-refractivity contribution in [3.63, 3.8) is 0 Å². The van der Waals surface area contributed by atoms with E-state index in [9.17, 15) is 0 Å². The Balaban J connectivity index is 2.40. The van der Waals surface area contributed by atoms with Crippen LogP contribution in [0.5, 0.6) is 0 Å². The summed E-state index contributed by atoms with van der Waals surface area (Å²) in [6, 6.07) is 0.691. The van der Waals surface area contributed by atoms with Gasteiger partial charge in [-0.1, -0.05) is 0 Å². The van der Waals surface area contributed by atoms with Gasteiger partial charge in [0.2, 0.25) is 0 Å². The molecule has 1 aliphatic carbocycles. The van der Waals surface area contributed by atoms with Crippen molar-refractivity contribution >= 4 is 5.84 Å². The van der Waals surface area contributed by atoms with Crippen LogP contribution in [0.3, 0.4) is 0 Å². The summed E-state index contributed by atoms with van der Waals surface area (Å²) in [5, 5.41) is 7.38. The predicted molar refractivity (Wildman–Crippen MR) is 53.0 cm³/mol. The molecule has 4 heteroatoms. The first-order chi connectivity index (χ1) is 6.16. The molecule has 1 unspecified atom stereocenters. The molecule has 1 saturated carbocycles. The molecule has 0 bridgehead atoms. The molecule has 0 saturated heterocycles. The predicted octanol–water partition coefficient (Wildman–Crippen LogP) is 0.422. The highest BCUT2D eigenvalue weighted by molar-refractivity contribution is 5.82. The van der Waals surface area contributed by atoms with Gasteiger partial charge in [-0.25, -0.2) is 0 Å². The zero-order valence-electron chi connectivity index (χ0n) is 8.42. The second-order valence-electron chi connectivity index (χ2n) is 3.59. The standard InChI is InChI=1S/C9H19N3O/c1-7(9(10)11)12(5-6-13-2)8-3-4-8/h7-8H,3-6H2,1-2H3,(H3,10,11). The number of nitrogens with zero attached hydrogens (tertiary/aromatic N) is 1. The molecule has 0 spiro atoms. The van der Waals surface area contributed by atoms with Crippen molar-refractivity contribution in [3.05, 3.63) is 0 Å². The lowest BCUT2D eigenvalue weighted by atomic mass is 10.2. The molecule has 0 heterocycles. The highest BCUT2D eigenvalue weighted by atomic mass is 16.5. The van der Waals surface area contributed by atoms with E-state index in [0.717, 1.165) is 6.54 Å². The van der Waals surface area contributed by atoms with Crippen LogP contribution in [0.1, 0.15) is 19.8 Å². The average molecular weight is 185 g/mol. The Morgan fingerprint density at radius 2 is 2.31 bits per heavy atom. The van der Waals surface area contributed by atoms with Gasteiger partial charge in [-0.05, 0) is 19.8 Å². The fourth-order valence-corrected chi connectivity index (χ4v) is 1.47. The Bertz CT molecular complexity index is 180. The maximum atomic E-state index is 7.38. The van der Waals surface area contributed by atoms with Crippen LogP contribution in [-0.4, -0.2) is 43.1 Å². The van der Waals surface area contributed by atoms with Crippen LogP contribution in [0.2, 0.25) is 0 Å². The molecule has 1 atom stereocenters. The fraction of sp³-hybridized carbons (Fsp3) is 0.889. The minimum Gasteiger partial charge on any atom is -0.386 e. The molecular formula is C9H19N3O. The van der Waals surface area contributed by atoms with Gasteiger partial charge < -0.3 is 10.5 Å². The van der Waals surface area contributed by atoms with E-state index in [0.29, 0.717) is 12.6 Å². The van der Waals surface area contributed by atoms with Crippen molar-refractivity contribution in [3.8, 4) is 0 Å². The first-order valence-corrected chi connectivity index (χ1v) is 4.75. The molecular weight excluding hydrogens is 166 g/mol. The number of rotatable bonds is 6. The first-order valence-electron chi connectivity index (χ1n) is 4.75. The van der Waals surface area contributed by atoms with Crippen LogP contribution >= 0.6 is 0 Å². The lowest BCUT2D eigenvalue weighted by Crippen LogP contribution is -2.45. The zero-order chi connectivity index (χ0) is 9.84. The van der Waals surface area contributed by atoms with Gasteiger partial charge in [0, 0.05) is 19.7 Å². The summed E-state index contributed by atoms with van der Waals surface area (Å²) in [7, 11) is 1.70. The molecule has 76 valence electrons. The molecule has 0 aromatic heterocycles. The summed E-state index contributed by atoms with van der Waals surface area (Å²) >= 11 is 0. The molecule has 1 fully saturated rings. The third kappa shape index (κ3) is 2.97. The van der Waals surface area contributed by atoms with E-state index in [-0.39, 0.29) is 11.9 Å². The molecule has 0 aromatic rings. The summed E-state index contributed by atoms with van der Waals surface area (Å²) < 4.78 is 5.03. The van der Waals surface area contributed by atoms with Gasteiger partial charge in [0.05, 0.1) is 12.6 Å². The van der Waals surface area contributed by atoms with Crippen molar-refractivity contribution in [1.29, 1.82) is 5.41 Å². The van der Waals surface area contributed by atoms with Crippen molar-refractivity contribution in [2.75, 3.05) is 20.3 Å².